The first-order valence-electron chi connectivity index (χ1n) is 6.26. The molecule has 0 aliphatic heterocycles. The summed E-state index contributed by atoms with van der Waals surface area (Å²) in [6.07, 6.45) is 0. The van der Waals surface area contributed by atoms with E-state index in [1.165, 1.54) is 0 Å². The van der Waals surface area contributed by atoms with Crippen LogP contribution >= 0.6 is 0 Å². The lowest BCUT2D eigenvalue weighted by Gasteiger charge is -2.18. The minimum absolute atomic E-state index is 0.360. The van der Waals surface area contributed by atoms with E-state index in [9.17, 15) is 4.55 Å². The lowest BCUT2D eigenvalue weighted by atomic mass is 10.1. The zero-order valence-corrected chi connectivity index (χ0v) is 12.8. The van der Waals surface area contributed by atoms with Gasteiger partial charge in [0.25, 0.3) is 0 Å². The Bertz CT molecular complexity index is 623. The van der Waals surface area contributed by atoms with Crippen LogP contribution in [0.5, 0.6) is 0 Å². The van der Waals surface area contributed by atoms with Crippen molar-refractivity contribution < 1.29 is 8.97 Å². The smallest absolute Gasteiger partial charge is 0.156 e. The molecule has 0 fully saturated rings. The van der Waals surface area contributed by atoms with Crippen molar-refractivity contribution in [3.05, 3.63) is 35.6 Å². The van der Waals surface area contributed by atoms with Crippen molar-refractivity contribution >= 4 is 28.0 Å². The highest BCUT2D eigenvalue weighted by molar-refractivity contribution is 7.91. The number of aryl methyl sites for hydroxylation is 1. The van der Waals surface area contributed by atoms with Crippen molar-refractivity contribution in [3.63, 3.8) is 0 Å². The summed E-state index contributed by atoms with van der Waals surface area (Å²) >= 11 is -1.27. The van der Waals surface area contributed by atoms with Gasteiger partial charge < -0.3 is 8.97 Å². The van der Waals surface area contributed by atoms with Gasteiger partial charge in [0.15, 0.2) is 5.76 Å². The Labute approximate surface area is 117 Å². The molecule has 0 spiro atoms. The minimum atomic E-state index is -1.27. The van der Waals surface area contributed by atoms with Gasteiger partial charge in [-0.15, -0.1) is 0 Å². The molecule has 19 heavy (non-hydrogen) atoms. The van der Waals surface area contributed by atoms with Crippen LogP contribution in [0.25, 0.3) is 11.0 Å². The molecule has 0 amide bonds. The summed E-state index contributed by atoms with van der Waals surface area (Å²) in [5.41, 5.74) is 2.57. The third kappa shape index (κ3) is 2.85. The van der Waals surface area contributed by atoms with E-state index in [-0.39, 0.29) is 4.75 Å². The maximum Gasteiger partial charge on any atom is 0.156 e. The zero-order chi connectivity index (χ0) is 14.2. The highest BCUT2D eigenvalue weighted by atomic mass is 32.2. The van der Waals surface area contributed by atoms with Crippen molar-refractivity contribution in [2.45, 2.75) is 39.4 Å². The molecule has 3 nitrogen and oxygen atoms in total. The summed E-state index contributed by atoms with van der Waals surface area (Å²) in [7, 11) is 0. The third-order valence-electron chi connectivity index (χ3n) is 2.92. The van der Waals surface area contributed by atoms with Gasteiger partial charge in [-0.05, 0) is 40.7 Å². The lowest BCUT2D eigenvalue weighted by molar-refractivity contribution is 0.560. The van der Waals surface area contributed by atoms with Crippen molar-refractivity contribution in [1.29, 1.82) is 0 Å². The van der Waals surface area contributed by atoms with Crippen molar-refractivity contribution in [2.24, 2.45) is 4.40 Å². The van der Waals surface area contributed by atoms with Crippen LogP contribution in [0, 0.1) is 6.92 Å². The molecule has 102 valence electrons. The van der Waals surface area contributed by atoms with Gasteiger partial charge in [-0.3, -0.25) is 0 Å². The summed E-state index contributed by atoms with van der Waals surface area (Å²) in [4.78, 5) is 0. The van der Waals surface area contributed by atoms with Gasteiger partial charge >= 0.3 is 0 Å². The predicted octanol–water partition coefficient (Wildman–Crippen LogP) is 4.01. The zero-order valence-electron chi connectivity index (χ0n) is 12.0. The number of nitrogens with zero attached hydrogens (tertiary/aromatic N) is 1. The van der Waals surface area contributed by atoms with Gasteiger partial charge in [0.05, 0.1) is 0 Å². The van der Waals surface area contributed by atoms with Gasteiger partial charge in [0, 0.05) is 10.9 Å². The Kier molecular flexibility index (Phi) is 3.74. The van der Waals surface area contributed by atoms with Crippen molar-refractivity contribution in [2.75, 3.05) is 0 Å². The summed E-state index contributed by atoms with van der Waals surface area (Å²) in [6.45, 7) is 9.57. The highest BCUT2D eigenvalue weighted by Crippen LogP contribution is 2.26. The molecule has 1 aromatic heterocycles. The van der Waals surface area contributed by atoms with Crippen LogP contribution < -0.4 is 0 Å². The standard InChI is InChI=1S/C15H19NO2S/c1-10-12-8-6-7-9-13(12)18-14(10)11(2)16-19(17)15(3,4)5/h6-9H,1-5H3/b16-11+/t19-/m1/s1. The second kappa shape index (κ2) is 5.02. The Morgan fingerprint density at radius 3 is 2.47 bits per heavy atom. The van der Waals surface area contributed by atoms with Crippen LogP contribution in [0.4, 0.5) is 0 Å². The van der Waals surface area contributed by atoms with Crippen LogP contribution in [0.3, 0.4) is 0 Å². The highest BCUT2D eigenvalue weighted by Gasteiger charge is 2.27. The molecule has 0 aliphatic rings. The molecule has 0 unspecified atom stereocenters. The van der Waals surface area contributed by atoms with Crippen molar-refractivity contribution in [3.8, 4) is 0 Å². The number of rotatable bonds is 2. The molecule has 2 aromatic rings. The van der Waals surface area contributed by atoms with E-state index in [4.69, 9.17) is 4.42 Å². The van der Waals surface area contributed by atoms with Crippen LogP contribution in [-0.4, -0.2) is 15.0 Å². The first kappa shape index (κ1) is 14.2. The molecular formula is C15H19NO2S. The lowest BCUT2D eigenvalue weighted by Crippen LogP contribution is -2.26. The van der Waals surface area contributed by atoms with Crippen LogP contribution in [-0.2, 0) is 11.4 Å². The van der Waals surface area contributed by atoms with Gasteiger partial charge in [-0.25, -0.2) is 0 Å². The first-order valence-corrected chi connectivity index (χ1v) is 7.37. The summed E-state index contributed by atoms with van der Waals surface area (Å²) in [6, 6.07) is 7.87. The summed E-state index contributed by atoms with van der Waals surface area (Å²) in [5, 5.41) is 1.08. The molecule has 0 saturated carbocycles. The second-order valence-electron chi connectivity index (χ2n) is 5.59. The number of fused-ring (bicyclic) bond motifs is 1. The molecule has 0 N–H and O–H groups in total. The van der Waals surface area contributed by atoms with E-state index in [0.29, 0.717) is 5.71 Å². The van der Waals surface area contributed by atoms with E-state index in [1.54, 1.807) is 0 Å². The maximum atomic E-state index is 12.1. The molecular weight excluding hydrogens is 258 g/mol. The Morgan fingerprint density at radius 2 is 1.89 bits per heavy atom. The fraction of sp³-hybridized carbons (Fsp3) is 0.400. The first-order chi connectivity index (χ1) is 8.80. The van der Waals surface area contributed by atoms with Crippen LogP contribution in [0.1, 0.15) is 39.0 Å². The number of furan rings is 1. The molecule has 1 heterocycles. The average molecular weight is 277 g/mol. The number of para-hydroxylation sites is 1. The maximum absolute atomic E-state index is 12.1. The van der Waals surface area contributed by atoms with Crippen molar-refractivity contribution in [1.82, 2.24) is 0 Å². The Hall–Kier alpha value is -1.26. The van der Waals surface area contributed by atoms with Crippen LogP contribution in [0.2, 0.25) is 0 Å². The van der Waals surface area contributed by atoms with Crippen LogP contribution in [0.15, 0.2) is 33.1 Å². The molecule has 0 radical (unpaired) electrons. The summed E-state index contributed by atoms with van der Waals surface area (Å²) < 4.78 is 21.8. The molecule has 0 bridgehead atoms. The fourth-order valence-electron chi connectivity index (χ4n) is 1.82. The van der Waals surface area contributed by atoms with Gasteiger partial charge in [0.2, 0.25) is 0 Å². The predicted molar refractivity (Wildman–Crippen MR) is 81.1 cm³/mol. The monoisotopic (exact) mass is 277 g/mol. The van der Waals surface area contributed by atoms with E-state index >= 15 is 0 Å². The quantitative estimate of drug-likeness (QED) is 0.615. The number of benzene rings is 1. The molecule has 2 rings (SSSR count). The minimum Gasteiger partial charge on any atom is -0.591 e. The summed E-state index contributed by atoms with van der Waals surface area (Å²) in [5.74, 6) is 0.721. The Morgan fingerprint density at radius 1 is 1.26 bits per heavy atom. The SMILES string of the molecule is C/C(=N\[S@+]([O-])C(C)(C)C)c1oc2ccccc2c1C. The van der Waals surface area contributed by atoms with Gasteiger partial charge in [-0.2, -0.15) is 0 Å². The second-order valence-corrected chi connectivity index (χ2v) is 7.50. The van der Waals surface area contributed by atoms with Gasteiger partial charge in [0.1, 0.15) is 27.4 Å². The average Bonchev–Trinajstić information content (AvgIpc) is 2.66. The third-order valence-corrected chi connectivity index (χ3v) is 4.40. The Balaban J connectivity index is 2.44. The topological polar surface area (TPSA) is 48.6 Å². The van der Waals surface area contributed by atoms with E-state index in [0.717, 1.165) is 22.3 Å². The normalized spacial score (nSPS) is 14.9. The van der Waals surface area contributed by atoms with E-state index in [1.807, 2.05) is 58.9 Å². The molecule has 0 aliphatic carbocycles. The number of hydrogen-bond donors (Lipinski definition) is 0. The molecule has 4 heteroatoms. The fourth-order valence-corrected chi connectivity index (χ4v) is 2.43. The molecule has 1 aromatic carbocycles. The van der Waals surface area contributed by atoms with Gasteiger partial charge in [-0.1, -0.05) is 22.6 Å². The molecule has 1 atom stereocenters. The van der Waals surface area contributed by atoms with E-state index in [2.05, 4.69) is 4.40 Å². The van der Waals surface area contributed by atoms with E-state index < -0.39 is 11.4 Å². The largest absolute Gasteiger partial charge is 0.591 e. The molecule has 0 saturated heterocycles. The number of hydrogen-bond acceptors (Lipinski definition) is 3.